The van der Waals surface area contributed by atoms with Crippen molar-refractivity contribution in [1.82, 2.24) is 5.32 Å². The molecule has 1 aromatic rings. The molecule has 0 bridgehead atoms. The van der Waals surface area contributed by atoms with E-state index in [-0.39, 0.29) is 24.0 Å². The first kappa shape index (κ1) is 20.4. The minimum Gasteiger partial charge on any atom is -0.452 e. The van der Waals surface area contributed by atoms with E-state index in [2.05, 4.69) is 11.4 Å². The van der Waals surface area contributed by atoms with E-state index < -0.39 is 5.97 Å². The van der Waals surface area contributed by atoms with Gasteiger partial charge in [0.1, 0.15) is 0 Å². The van der Waals surface area contributed by atoms with Crippen molar-refractivity contribution >= 4 is 35.1 Å². The van der Waals surface area contributed by atoms with Gasteiger partial charge in [0.15, 0.2) is 6.61 Å². The van der Waals surface area contributed by atoms with E-state index in [0.29, 0.717) is 30.2 Å². The number of allylic oxidation sites excluding steroid dienone is 1. The van der Waals surface area contributed by atoms with Gasteiger partial charge < -0.3 is 15.0 Å². The summed E-state index contributed by atoms with van der Waals surface area (Å²) >= 11 is 6.18. The maximum atomic E-state index is 12.3. The van der Waals surface area contributed by atoms with E-state index in [9.17, 15) is 14.4 Å². The van der Waals surface area contributed by atoms with Crippen LogP contribution in [0.1, 0.15) is 55.3 Å². The quantitative estimate of drug-likeness (QED) is 0.556. The Labute approximate surface area is 169 Å². The molecule has 7 heteroatoms. The van der Waals surface area contributed by atoms with Gasteiger partial charge in [-0.1, -0.05) is 23.3 Å². The van der Waals surface area contributed by atoms with Crippen LogP contribution in [0.4, 0.5) is 5.69 Å². The van der Waals surface area contributed by atoms with Gasteiger partial charge in [0.05, 0.1) is 16.3 Å². The molecule has 0 spiro atoms. The van der Waals surface area contributed by atoms with Crippen molar-refractivity contribution in [3.05, 3.63) is 40.4 Å². The molecule has 6 nitrogen and oxygen atoms in total. The Morgan fingerprint density at radius 2 is 2.04 bits per heavy atom. The smallest absolute Gasteiger partial charge is 0.338 e. The highest BCUT2D eigenvalue weighted by Gasteiger charge is 2.24. The first-order valence-electron chi connectivity index (χ1n) is 9.76. The number of nitrogens with zero attached hydrogens (tertiary/aromatic N) is 1. The molecule has 1 aliphatic heterocycles. The minimum absolute atomic E-state index is 0.0140. The van der Waals surface area contributed by atoms with Crippen LogP contribution in [-0.2, 0) is 14.3 Å². The molecule has 0 atom stereocenters. The minimum atomic E-state index is -0.616. The third-order valence-electron chi connectivity index (χ3n) is 5.03. The van der Waals surface area contributed by atoms with Crippen LogP contribution in [0.15, 0.2) is 29.8 Å². The first-order valence-corrected chi connectivity index (χ1v) is 10.1. The zero-order valence-electron chi connectivity index (χ0n) is 15.8. The van der Waals surface area contributed by atoms with Crippen molar-refractivity contribution in [3.63, 3.8) is 0 Å². The lowest BCUT2D eigenvalue weighted by molar-refractivity contribution is -0.124. The number of halogens is 1. The Morgan fingerprint density at radius 3 is 2.75 bits per heavy atom. The molecule has 2 aliphatic rings. The van der Waals surface area contributed by atoms with Crippen molar-refractivity contribution in [2.75, 3.05) is 24.6 Å². The molecular formula is C21H25ClN2O4. The van der Waals surface area contributed by atoms with Gasteiger partial charge in [-0.3, -0.25) is 9.59 Å². The monoisotopic (exact) mass is 404 g/mol. The van der Waals surface area contributed by atoms with Crippen LogP contribution >= 0.6 is 11.6 Å². The number of nitrogens with one attached hydrogen (secondary N) is 1. The predicted molar refractivity (Wildman–Crippen MR) is 107 cm³/mol. The Bertz CT molecular complexity index is 791. The second kappa shape index (κ2) is 9.73. The average molecular weight is 405 g/mol. The zero-order chi connectivity index (χ0) is 19.9. The fourth-order valence-corrected chi connectivity index (χ4v) is 3.73. The Hall–Kier alpha value is -2.34. The second-order valence-electron chi connectivity index (χ2n) is 7.10. The Morgan fingerprint density at radius 1 is 1.18 bits per heavy atom. The topological polar surface area (TPSA) is 75.7 Å². The van der Waals surface area contributed by atoms with Gasteiger partial charge in [-0.2, -0.15) is 0 Å². The molecule has 0 radical (unpaired) electrons. The number of anilines is 1. The molecule has 1 N–H and O–H groups in total. The third-order valence-corrected chi connectivity index (χ3v) is 5.35. The highest BCUT2D eigenvalue weighted by molar-refractivity contribution is 6.34. The van der Waals surface area contributed by atoms with Crippen molar-refractivity contribution in [2.24, 2.45) is 0 Å². The first-order chi connectivity index (χ1) is 13.5. The molecule has 1 heterocycles. The zero-order valence-corrected chi connectivity index (χ0v) is 16.6. The molecule has 1 saturated heterocycles. The van der Waals surface area contributed by atoms with Gasteiger partial charge in [0.25, 0.3) is 5.91 Å². The van der Waals surface area contributed by atoms with Crippen molar-refractivity contribution in [3.8, 4) is 0 Å². The largest absolute Gasteiger partial charge is 0.452 e. The number of hydrogen-bond donors (Lipinski definition) is 1. The summed E-state index contributed by atoms with van der Waals surface area (Å²) in [5, 5.41) is 3.18. The summed E-state index contributed by atoms with van der Waals surface area (Å²) in [4.78, 5) is 37.7. The maximum Gasteiger partial charge on any atom is 0.338 e. The molecule has 0 unspecified atom stereocenters. The summed E-state index contributed by atoms with van der Waals surface area (Å²) in [6.45, 7) is 0.790. The van der Waals surface area contributed by atoms with Gasteiger partial charge in [0, 0.05) is 19.5 Å². The molecule has 1 fully saturated rings. The van der Waals surface area contributed by atoms with E-state index in [4.69, 9.17) is 16.3 Å². The second-order valence-corrected chi connectivity index (χ2v) is 7.51. The molecule has 1 aromatic carbocycles. The fraction of sp³-hybridized carbons (Fsp3) is 0.476. The van der Waals surface area contributed by atoms with E-state index >= 15 is 0 Å². The summed E-state index contributed by atoms with van der Waals surface area (Å²) in [6, 6.07) is 4.64. The number of carbonyl (C=O) groups is 3. The van der Waals surface area contributed by atoms with Crippen LogP contribution in [0.5, 0.6) is 0 Å². The lowest BCUT2D eigenvalue weighted by Crippen LogP contribution is -2.30. The predicted octanol–water partition coefficient (Wildman–Crippen LogP) is 3.63. The number of rotatable bonds is 7. The van der Waals surface area contributed by atoms with E-state index in [1.807, 2.05) is 0 Å². The van der Waals surface area contributed by atoms with Crippen LogP contribution in [-0.4, -0.2) is 37.5 Å². The van der Waals surface area contributed by atoms with Crippen LogP contribution in [0.25, 0.3) is 0 Å². The van der Waals surface area contributed by atoms with Gasteiger partial charge in [-0.25, -0.2) is 4.79 Å². The van der Waals surface area contributed by atoms with E-state index in [0.717, 1.165) is 25.7 Å². The van der Waals surface area contributed by atoms with E-state index in [1.165, 1.54) is 24.5 Å². The summed E-state index contributed by atoms with van der Waals surface area (Å²) in [5.41, 5.74) is 2.15. The summed E-state index contributed by atoms with van der Waals surface area (Å²) in [6.07, 6.45) is 9.00. The van der Waals surface area contributed by atoms with Crippen LogP contribution in [0, 0.1) is 0 Å². The number of hydrogen-bond acceptors (Lipinski definition) is 4. The van der Waals surface area contributed by atoms with Gasteiger partial charge >= 0.3 is 5.97 Å². The van der Waals surface area contributed by atoms with Gasteiger partial charge in [-0.15, -0.1) is 0 Å². The third kappa shape index (κ3) is 5.35. The van der Waals surface area contributed by atoms with Crippen molar-refractivity contribution < 1.29 is 19.1 Å². The Balaban J connectivity index is 1.48. The standard InChI is InChI=1S/C21H25ClN2O4/c22-17-9-8-16(13-18(17)24-12-4-7-20(24)26)21(27)28-14-19(25)23-11-10-15-5-2-1-3-6-15/h5,8-9,13H,1-4,6-7,10-12,14H2,(H,23,25). The molecule has 3 rings (SSSR count). The molecule has 2 amide bonds. The number of ether oxygens (including phenoxy) is 1. The normalized spacial score (nSPS) is 16.7. The summed E-state index contributed by atoms with van der Waals surface area (Å²) in [5.74, 6) is -0.955. The fourth-order valence-electron chi connectivity index (χ4n) is 3.51. The van der Waals surface area contributed by atoms with Crippen LogP contribution < -0.4 is 10.2 Å². The number of benzene rings is 1. The maximum absolute atomic E-state index is 12.3. The highest BCUT2D eigenvalue weighted by atomic mass is 35.5. The number of carbonyl (C=O) groups excluding carboxylic acids is 3. The number of amides is 2. The van der Waals surface area contributed by atoms with Crippen LogP contribution in [0.2, 0.25) is 5.02 Å². The Kier molecular flexibility index (Phi) is 7.09. The molecule has 0 aromatic heterocycles. The molecule has 1 aliphatic carbocycles. The lowest BCUT2D eigenvalue weighted by Gasteiger charge is -2.18. The number of esters is 1. The van der Waals surface area contributed by atoms with Crippen molar-refractivity contribution in [2.45, 2.75) is 44.9 Å². The summed E-state index contributed by atoms with van der Waals surface area (Å²) in [7, 11) is 0. The van der Waals surface area contributed by atoms with Gasteiger partial charge in [-0.05, 0) is 56.7 Å². The molecular weight excluding hydrogens is 380 g/mol. The molecule has 0 saturated carbocycles. The highest BCUT2D eigenvalue weighted by Crippen LogP contribution is 2.30. The van der Waals surface area contributed by atoms with Crippen LogP contribution in [0.3, 0.4) is 0 Å². The van der Waals surface area contributed by atoms with Crippen molar-refractivity contribution in [1.29, 1.82) is 0 Å². The molecule has 150 valence electrons. The SMILES string of the molecule is O=C(COC(=O)c1ccc(Cl)c(N2CCCC2=O)c1)NCCC1=CCCCC1. The molecule has 28 heavy (non-hydrogen) atoms. The average Bonchev–Trinajstić information content (AvgIpc) is 3.13. The lowest BCUT2D eigenvalue weighted by atomic mass is 9.97. The summed E-state index contributed by atoms with van der Waals surface area (Å²) < 4.78 is 5.10. The van der Waals surface area contributed by atoms with E-state index in [1.54, 1.807) is 17.0 Å². The van der Waals surface area contributed by atoms with Gasteiger partial charge in [0.2, 0.25) is 5.91 Å².